The van der Waals surface area contributed by atoms with Gasteiger partial charge in [0.2, 0.25) is 0 Å². The van der Waals surface area contributed by atoms with E-state index in [1.165, 1.54) is 6.08 Å². The number of nitriles is 1. The van der Waals surface area contributed by atoms with Crippen molar-refractivity contribution in [1.82, 2.24) is 5.32 Å². The Kier molecular flexibility index (Phi) is 8.58. The molecule has 0 saturated heterocycles. The van der Waals surface area contributed by atoms with E-state index in [9.17, 15) is 10.1 Å². The van der Waals surface area contributed by atoms with Crippen LogP contribution in [-0.2, 0) is 17.8 Å². The van der Waals surface area contributed by atoms with Gasteiger partial charge in [-0.3, -0.25) is 4.79 Å². The molecule has 0 bridgehead atoms. The van der Waals surface area contributed by atoms with Crippen molar-refractivity contribution in [1.29, 1.82) is 5.26 Å². The average Bonchev–Trinajstić information content (AvgIpc) is 3.33. The van der Waals surface area contributed by atoms with E-state index in [0.717, 1.165) is 11.3 Å². The zero-order valence-corrected chi connectivity index (χ0v) is 19.3. The summed E-state index contributed by atoms with van der Waals surface area (Å²) in [5, 5.41) is 12.2. The van der Waals surface area contributed by atoms with Gasteiger partial charge in [-0.25, -0.2) is 0 Å². The molecule has 8 nitrogen and oxygen atoms in total. The third kappa shape index (κ3) is 6.56. The quantitative estimate of drug-likeness (QED) is 0.337. The maximum Gasteiger partial charge on any atom is 0.262 e. The van der Waals surface area contributed by atoms with Gasteiger partial charge in [-0.05, 0) is 60.5 Å². The van der Waals surface area contributed by atoms with Crippen molar-refractivity contribution in [3.63, 3.8) is 0 Å². The summed E-state index contributed by atoms with van der Waals surface area (Å²) in [6.07, 6.45) is 1.97. The maximum atomic E-state index is 12.4. The number of benzene rings is 2. The average molecular weight is 463 g/mol. The molecule has 0 fully saturated rings. The van der Waals surface area contributed by atoms with E-state index in [1.54, 1.807) is 57.7 Å². The molecule has 0 aliphatic carbocycles. The number of ether oxygens (including phenoxy) is 4. The van der Waals surface area contributed by atoms with Crippen LogP contribution < -0.4 is 24.3 Å². The largest absolute Gasteiger partial charge is 0.497 e. The minimum Gasteiger partial charge on any atom is -0.497 e. The monoisotopic (exact) mass is 462 g/mol. The predicted octanol–water partition coefficient (Wildman–Crippen LogP) is 4.15. The lowest BCUT2D eigenvalue weighted by molar-refractivity contribution is -0.117. The molecule has 3 aromatic rings. The van der Waals surface area contributed by atoms with Crippen molar-refractivity contribution in [2.45, 2.75) is 13.0 Å². The highest BCUT2D eigenvalue weighted by Gasteiger charge is 2.11. The molecule has 1 heterocycles. The molecule has 0 aliphatic rings. The normalized spacial score (nSPS) is 10.8. The van der Waals surface area contributed by atoms with Gasteiger partial charge in [0.25, 0.3) is 5.91 Å². The third-order valence-corrected chi connectivity index (χ3v) is 4.92. The molecule has 0 radical (unpaired) electrons. The molecular weight excluding hydrogens is 436 g/mol. The van der Waals surface area contributed by atoms with E-state index in [4.69, 9.17) is 23.4 Å². The fourth-order valence-corrected chi connectivity index (χ4v) is 3.12. The maximum absolute atomic E-state index is 12.4. The lowest BCUT2D eigenvalue weighted by atomic mass is 10.1. The van der Waals surface area contributed by atoms with Gasteiger partial charge < -0.3 is 28.7 Å². The number of hydrogen-bond donors (Lipinski definition) is 1. The second kappa shape index (κ2) is 12.0. The first kappa shape index (κ1) is 24.3. The Labute approximate surface area is 198 Å². The van der Waals surface area contributed by atoms with Gasteiger partial charge in [0.1, 0.15) is 41.3 Å². The first-order chi connectivity index (χ1) is 16.6. The molecule has 1 aromatic heterocycles. The van der Waals surface area contributed by atoms with Crippen molar-refractivity contribution < 1.29 is 28.2 Å². The highest BCUT2D eigenvalue weighted by molar-refractivity contribution is 6.01. The third-order valence-electron chi connectivity index (χ3n) is 4.92. The Balaban J connectivity index is 1.53. The van der Waals surface area contributed by atoms with Crippen LogP contribution in [0, 0.1) is 11.3 Å². The zero-order valence-electron chi connectivity index (χ0n) is 19.3. The minimum absolute atomic E-state index is 0.0516. The molecule has 3 rings (SSSR count). The highest BCUT2D eigenvalue weighted by atomic mass is 16.5. The highest BCUT2D eigenvalue weighted by Crippen LogP contribution is 2.27. The van der Waals surface area contributed by atoms with Crippen molar-refractivity contribution in [3.05, 3.63) is 77.3 Å². The SMILES string of the molecule is COc1ccc(OCc2ccc(/C=C(\C#N)C(=O)NCCc3ccc(OC)c(OC)c3)o2)cc1. The molecule has 1 N–H and O–H groups in total. The van der Waals surface area contributed by atoms with Crippen LogP contribution in [-0.4, -0.2) is 33.8 Å². The molecule has 0 aliphatic heterocycles. The molecule has 0 spiro atoms. The number of carbonyl (C=O) groups is 1. The summed E-state index contributed by atoms with van der Waals surface area (Å²) < 4.78 is 27.0. The van der Waals surface area contributed by atoms with E-state index in [0.29, 0.717) is 41.7 Å². The fraction of sp³-hybridized carbons (Fsp3) is 0.231. The van der Waals surface area contributed by atoms with Gasteiger partial charge >= 0.3 is 0 Å². The topological polar surface area (TPSA) is 103 Å². The van der Waals surface area contributed by atoms with Gasteiger partial charge in [0, 0.05) is 12.6 Å². The fourth-order valence-electron chi connectivity index (χ4n) is 3.12. The van der Waals surface area contributed by atoms with Crippen LogP contribution >= 0.6 is 0 Å². The number of rotatable bonds is 11. The summed E-state index contributed by atoms with van der Waals surface area (Å²) in [4.78, 5) is 12.4. The van der Waals surface area contributed by atoms with Gasteiger partial charge in [-0.1, -0.05) is 6.07 Å². The summed E-state index contributed by atoms with van der Waals surface area (Å²) in [7, 11) is 4.74. The van der Waals surface area contributed by atoms with E-state index in [1.807, 2.05) is 24.3 Å². The summed E-state index contributed by atoms with van der Waals surface area (Å²) >= 11 is 0. The van der Waals surface area contributed by atoms with E-state index in [2.05, 4.69) is 5.32 Å². The summed E-state index contributed by atoms with van der Waals surface area (Å²) in [5.41, 5.74) is 0.914. The van der Waals surface area contributed by atoms with Crippen molar-refractivity contribution in [2.75, 3.05) is 27.9 Å². The molecule has 1 amide bonds. The number of carbonyl (C=O) groups excluding carboxylic acids is 1. The number of nitrogens with one attached hydrogen (secondary N) is 1. The number of hydrogen-bond acceptors (Lipinski definition) is 7. The number of methoxy groups -OCH3 is 3. The number of nitrogens with zero attached hydrogens (tertiary/aromatic N) is 1. The first-order valence-corrected chi connectivity index (χ1v) is 10.5. The van der Waals surface area contributed by atoms with E-state index >= 15 is 0 Å². The molecular formula is C26H26N2O6. The van der Waals surface area contributed by atoms with Crippen LogP contribution in [0.15, 0.2) is 64.6 Å². The van der Waals surface area contributed by atoms with Gasteiger partial charge in [-0.15, -0.1) is 0 Å². The smallest absolute Gasteiger partial charge is 0.262 e. The van der Waals surface area contributed by atoms with Crippen LogP contribution in [0.25, 0.3) is 6.08 Å². The van der Waals surface area contributed by atoms with E-state index in [-0.39, 0.29) is 12.2 Å². The Bertz CT molecular complexity index is 1170. The van der Waals surface area contributed by atoms with E-state index < -0.39 is 5.91 Å². The summed E-state index contributed by atoms with van der Waals surface area (Å²) in [6.45, 7) is 0.562. The molecule has 0 saturated carbocycles. The molecule has 0 unspecified atom stereocenters. The van der Waals surface area contributed by atoms with Crippen molar-refractivity contribution >= 4 is 12.0 Å². The minimum atomic E-state index is -0.476. The number of amides is 1. The Morgan fingerprint density at radius 2 is 1.71 bits per heavy atom. The van der Waals surface area contributed by atoms with Crippen molar-refractivity contribution in [3.8, 4) is 29.1 Å². The lowest BCUT2D eigenvalue weighted by Gasteiger charge is -2.10. The Hall–Kier alpha value is -4.38. The van der Waals surface area contributed by atoms with Gasteiger partial charge in [0.15, 0.2) is 11.5 Å². The van der Waals surface area contributed by atoms with Crippen molar-refractivity contribution in [2.24, 2.45) is 0 Å². The molecule has 8 heteroatoms. The van der Waals surface area contributed by atoms with Crippen LogP contribution in [0.3, 0.4) is 0 Å². The predicted molar refractivity (Wildman–Crippen MR) is 126 cm³/mol. The van der Waals surface area contributed by atoms with Crippen LogP contribution in [0.4, 0.5) is 0 Å². The summed E-state index contributed by atoms with van der Waals surface area (Å²) in [5.74, 6) is 3.14. The second-order valence-electron chi connectivity index (χ2n) is 7.13. The number of furan rings is 1. The van der Waals surface area contributed by atoms with Gasteiger partial charge in [-0.2, -0.15) is 5.26 Å². The molecule has 34 heavy (non-hydrogen) atoms. The second-order valence-corrected chi connectivity index (χ2v) is 7.13. The van der Waals surface area contributed by atoms with Crippen LogP contribution in [0.2, 0.25) is 0 Å². The Morgan fingerprint density at radius 1 is 0.971 bits per heavy atom. The van der Waals surface area contributed by atoms with Gasteiger partial charge in [0.05, 0.1) is 21.3 Å². The van der Waals surface area contributed by atoms with Crippen LogP contribution in [0.1, 0.15) is 17.1 Å². The zero-order chi connectivity index (χ0) is 24.3. The summed E-state index contributed by atoms with van der Waals surface area (Å²) in [6, 6.07) is 18.1. The first-order valence-electron chi connectivity index (χ1n) is 10.5. The van der Waals surface area contributed by atoms with Crippen LogP contribution in [0.5, 0.6) is 23.0 Å². The molecule has 2 aromatic carbocycles. The Morgan fingerprint density at radius 3 is 2.38 bits per heavy atom. The molecule has 176 valence electrons. The standard InChI is InChI=1S/C26H26N2O6/c1-30-20-5-7-21(8-6-20)33-17-23-10-9-22(34-23)15-19(16-27)26(29)28-13-12-18-4-11-24(31-2)25(14-18)32-3/h4-11,14-15H,12-13,17H2,1-3H3,(H,28,29)/b19-15+. The molecule has 0 atom stereocenters. The lowest BCUT2D eigenvalue weighted by Crippen LogP contribution is -2.26.